The van der Waals surface area contributed by atoms with E-state index in [1.54, 1.807) is 65.9 Å². The zero-order valence-electron chi connectivity index (χ0n) is 20.1. The number of hydrogen-bond acceptors (Lipinski definition) is 6. The van der Waals surface area contributed by atoms with Gasteiger partial charge in [-0.05, 0) is 78.3 Å². The highest BCUT2D eigenvalue weighted by molar-refractivity contribution is 5.93. The van der Waals surface area contributed by atoms with Crippen LogP contribution in [0, 0.1) is 10.8 Å². The van der Waals surface area contributed by atoms with Crippen LogP contribution in [-0.2, 0) is 20.8 Å². The Kier molecular flexibility index (Phi) is 7.88. The fourth-order valence-corrected chi connectivity index (χ4v) is 2.65. The summed E-state index contributed by atoms with van der Waals surface area (Å²) in [5.41, 5.74) is 0.113. The molecule has 7 nitrogen and oxygen atoms in total. The maximum absolute atomic E-state index is 12.4. The van der Waals surface area contributed by atoms with E-state index < -0.39 is 22.8 Å². The molecule has 0 fully saturated rings. The van der Waals surface area contributed by atoms with Gasteiger partial charge in [0.25, 0.3) is 0 Å². The van der Waals surface area contributed by atoms with Gasteiger partial charge in [-0.2, -0.15) is 0 Å². The van der Waals surface area contributed by atoms with Gasteiger partial charge in [-0.25, -0.2) is 0 Å². The summed E-state index contributed by atoms with van der Waals surface area (Å²) in [5, 5.41) is 2.91. The highest BCUT2D eigenvalue weighted by Gasteiger charge is 2.28. The lowest BCUT2D eigenvalue weighted by Gasteiger charge is -2.21. The third-order valence-electron chi connectivity index (χ3n) is 4.67. The first-order valence-electron chi connectivity index (χ1n) is 10.7. The van der Waals surface area contributed by atoms with Crippen LogP contribution in [0.25, 0.3) is 0 Å². The van der Waals surface area contributed by atoms with Crippen LogP contribution in [0.2, 0.25) is 0 Å². The van der Waals surface area contributed by atoms with Crippen molar-refractivity contribution in [1.29, 1.82) is 0 Å². The molecule has 1 aliphatic rings. The van der Waals surface area contributed by atoms with E-state index in [1.807, 2.05) is 24.2 Å². The zero-order valence-corrected chi connectivity index (χ0v) is 20.1. The number of amides is 1. The van der Waals surface area contributed by atoms with E-state index >= 15 is 0 Å². The predicted molar refractivity (Wildman–Crippen MR) is 123 cm³/mol. The van der Waals surface area contributed by atoms with Crippen molar-refractivity contribution in [2.75, 3.05) is 13.6 Å². The van der Waals surface area contributed by atoms with Gasteiger partial charge < -0.3 is 19.7 Å². The van der Waals surface area contributed by atoms with E-state index in [0.717, 1.165) is 5.56 Å². The second-order valence-corrected chi connectivity index (χ2v) is 9.97. The predicted octanol–water partition coefficient (Wildman–Crippen LogP) is 3.98. The minimum atomic E-state index is -0.718. The Morgan fingerprint density at radius 3 is 2.12 bits per heavy atom. The Balaban J connectivity index is 2.12. The second-order valence-electron chi connectivity index (χ2n) is 9.97. The summed E-state index contributed by atoms with van der Waals surface area (Å²) in [5.74, 6) is -0.593. The number of nitrogens with one attached hydrogen (secondary N) is 1. The van der Waals surface area contributed by atoms with Gasteiger partial charge in [0.2, 0.25) is 5.91 Å². The van der Waals surface area contributed by atoms with Gasteiger partial charge in [-0.3, -0.25) is 14.4 Å². The van der Waals surface area contributed by atoms with Crippen LogP contribution in [-0.4, -0.2) is 36.3 Å². The number of ether oxygens (including phenoxy) is 2. The van der Waals surface area contributed by atoms with Gasteiger partial charge in [0.15, 0.2) is 11.5 Å². The zero-order chi connectivity index (χ0) is 24.1. The maximum atomic E-state index is 12.4. The van der Waals surface area contributed by atoms with Crippen molar-refractivity contribution < 1.29 is 23.9 Å². The molecule has 1 aromatic carbocycles. The molecular formula is C25H34N2O5. The molecule has 174 valence electrons. The van der Waals surface area contributed by atoms with Gasteiger partial charge >= 0.3 is 11.9 Å². The van der Waals surface area contributed by atoms with E-state index in [9.17, 15) is 14.4 Å². The van der Waals surface area contributed by atoms with Crippen LogP contribution in [0.15, 0.2) is 42.2 Å². The summed E-state index contributed by atoms with van der Waals surface area (Å²) in [6, 6.07) is 5.09. The topological polar surface area (TPSA) is 84.9 Å². The highest BCUT2D eigenvalue weighted by Crippen LogP contribution is 2.32. The second kappa shape index (κ2) is 10.0. The van der Waals surface area contributed by atoms with E-state index in [4.69, 9.17) is 9.47 Å². The van der Waals surface area contributed by atoms with Crippen LogP contribution in [0.1, 0.15) is 53.5 Å². The van der Waals surface area contributed by atoms with Crippen molar-refractivity contribution in [3.8, 4) is 11.5 Å². The molecule has 0 atom stereocenters. The summed E-state index contributed by atoms with van der Waals surface area (Å²) < 4.78 is 11.1. The average Bonchev–Trinajstić information content (AvgIpc) is 2.68. The number of rotatable bonds is 6. The van der Waals surface area contributed by atoms with Gasteiger partial charge in [-0.1, -0.05) is 12.1 Å². The van der Waals surface area contributed by atoms with Gasteiger partial charge in [0.05, 0.1) is 10.8 Å². The summed E-state index contributed by atoms with van der Waals surface area (Å²) in [7, 11) is 1.87. The molecule has 1 aromatic rings. The molecule has 7 heteroatoms. The van der Waals surface area contributed by atoms with E-state index in [0.29, 0.717) is 25.0 Å². The molecule has 0 spiro atoms. The number of hydrogen-bond donors (Lipinski definition) is 1. The first-order chi connectivity index (χ1) is 14.8. The molecule has 1 heterocycles. The molecule has 1 N–H and O–H groups in total. The minimum absolute atomic E-state index is 0.115. The Labute approximate surface area is 190 Å². The quantitative estimate of drug-likeness (QED) is 0.530. The Morgan fingerprint density at radius 2 is 1.56 bits per heavy atom. The fourth-order valence-electron chi connectivity index (χ4n) is 2.65. The van der Waals surface area contributed by atoms with Crippen LogP contribution in [0.5, 0.6) is 11.5 Å². The normalized spacial score (nSPS) is 14.0. The number of nitrogens with zero attached hydrogens (tertiary/aromatic N) is 1. The summed E-state index contributed by atoms with van der Waals surface area (Å²) in [4.78, 5) is 39.0. The SMILES string of the molecule is CN1C=CCC(C(=O)NCCc2ccc(OC(=O)C(C)(C)C)c(OC(=O)C(C)(C)C)c2)=C1. The fraction of sp³-hybridized carbons (Fsp3) is 0.480. The van der Waals surface area contributed by atoms with Crippen LogP contribution >= 0.6 is 0 Å². The summed E-state index contributed by atoms with van der Waals surface area (Å²) >= 11 is 0. The van der Waals surface area contributed by atoms with Gasteiger partial charge in [-0.15, -0.1) is 0 Å². The molecule has 2 rings (SSSR count). The molecule has 0 saturated carbocycles. The molecule has 32 heavy (non-hydrogen) atoms. The van der Waals surface area contributed by atoms with E-state index in [-0.39, 0.29) is 17.4 Å². The van der Waals surface area contributed by atoms with Crippen LogP contribution < -0.4 is 14.8 Å². The molecule has 0 saturated heterocycles. The largest absolute Gasteiger partial charge is 0.422 e. The first kappa shape index (κ1) is 25.2. The Bertz CT molecular complexity index is 933. The van der Waals surface area contributed by atoms with Gasteiger partial charge in [0, 0.05) is 25.4 Å². The summed E-state index contributed by atoms with van der Waals surface area (Å²) in [6.45, 7) is 10.9. The average molecular weight is 443 g/mol. The molecule has 0 unspecified atom stereocenters. The van der Waals surface area contributed by atoms with Gasteiger partial charge in [0.1, 0.15) is 0 Å². The van der Waals surface area contributed by atoms with Crippen LogP contribution in [0.3, 0.4) is 0 Å². The lowest BCUT2D eigenvalue weighted by Crippen LogP contribution is -2.29. The minimum Gasteiger partial charge on any atom is -0.422 e. The van der Waals surface area contributed by atoms with Crippen LogP contribution in [0.4, 0.5) is 0 Å². The smallest absolute Gasteiger partial charge is 0.316 e. The summed E-state index contributed by atoms with van der Waals surface area (Å²) in [6.07, 6.45) is 6.76. The Morgan fingerprint density at radius 1 is 0.969 bits per heavy atom. The highest BCUT2D eigenvalue weighted by atomic mass is 16.6. The van der Waals surface area contributed by atoms with E-state index in [1.165, 1.54) is 0 Å². The van der Waals surface area contributed by atoms with Crippen molar-refractivity contribution >= 4 is 17.8 Å². The number of allylic oxidation sites excluding steroid dienone is 1. The van der Waals surface area contributed by atoms with Crippen molar-refractivity contribution in [3.05, 3.63) is 47.8 Å². The van der Waals surface area contributed by atoms with E-state index in [2.05, 4.69) is 5.32 Å². The molecule has 1 amide bonds. The standard InChI is InChI=1S/C25H34N2O5/c1-24(2,3)22(29)31-19-11-10-17(15-20(19)32-23(30)25(4,5)6)12-13-26-21(28)18-9-8-14-27(7)16-18/h8,10-11,14-16H,9,12-13H2,1-7H3,(H,26,28). The van der Waals surface area contributed by atoms with Crippen molar-refractivity contribution in [2.45, 2.75) is 54.4 Å². The number of carbonyl (C=O) groups is 3. The number of esters is 2. The lowest BCUT2D eigenvalue weighted by atomic mass is 9.97. The molecule has 0 radical (unpaired) electrons. The monoisotopic (exact) mass is 442 g/mol. The van der Waals surface area contributed by atoms with Crippen molar-refractivity contribution in [2.24, 2.45) is 10.8 Å². The Hall–Kier alpha value is -3.09. The lowest BCUT2D eigenvalue weighted by molar-refractivity contribution is -0.145. The third kappa shape index (κ3) is 7.25. The van der Waals surface area contributed by atoms with Crippen molar-refractivity contribution in [3.63, 3.8) is 0 Å². The van der Waals surface area contributed by atoms with Crippen molar-refractivity contribution in [1.82, 2.24) is 10.2 Å². The third-order valence-corrected chi connectivity index (χ3v) is 4.67. The molecule has 0 aromatic heterocycles. The molecule has 0 bridgehead atoms. The number of benzene rings is 1. The molecule has 0 aliphatic carbocycles. The molecule has 1 aliphatic heterocycles. The maximum Gasteiger partial charge on any atom is 0.316 e. The number of carbonyl (C=O) groups excluding carboxylic acids is 3. The first-order valence-corrected chi connectivity index (χ1v) is 10.7. The molecular weight excluding hydrogens is 408 g/mol.